The lowest BCUT2D eigenvalue weighted by Crippen LogP contribution is -2.29. The quantitative estimate of drug-likeness (QED) is 0.245. The van der Waals surface area contributed by atoms with Crippen LogP contribution in [0.15, 0.2) is 71.4 Å². The van der Waals surface area contributed by atoms with E-state index in [-0.39, 0.29) is 11.9 Å². The van der Waals surface area contributed by atoms with E-state index >= 15 is 0 Å². The predicted molar refractivity (Wildman–Crippen MR) is 154 cm³/mol. The topological polar surface area (TPSA) is 99.4 Å². The third-order valence-electron chi connectivity index (χ3n) is 5.63. The summed E-state index contributed by atoms with van der Waals surface area (Å²) in [5.41, 5.74) is 3.72. The van der Waals surface area contributed by atoms with E-state index < -0.39 is 0 Å². The summed E-state index contributed by atoms with van der Waals surface area (Å²) in [6.45, 7) is 10.7. The summed E-state index contributed by atoms with van der Waals surface area (Å²) in [5, 5.41) is 6.08. The van der Waals surface area contributed by atoms with E-state index in [1.165, 1.54) is 6.08 Å². The molecule has 0 unspecified atom stereocenters. The maximum absolute atomic E-state index is 12.2. The first-order chi connectivity index (χ1) is 17.8. The molecular weight excluding hydrogens is 468 g/mol. The highest BCUT2D eigenvalue weighted by Crippen LogP contribution is 2.37. The third kappa shape index (κ3) is 6.62. The van der Waals surface area contributed by atoms with Gasteiger partial charge in [-0.25, -0.2) is 9.98 Å². The molecule has 0 aliphatic rings. The number of nitrogens with one attached hydrogen (secondary N) is 2. The number of benzene rings is 2. The van der Waals surface area contributed by atoms with Gasteiger partial charge < -0.3 is 25.2 Å². The van der Waals surface area contributed by atoms with E-state index in [0.29, 0.717) is 22.9 Å². The summed E-state index contributed by atoms with van der Waals surface area (Å²) in [6.07, 6.45) is 4.80. The number of likely N-dealkylation sites (N-methyl/N-ethyl adjacent to an activating group) is 2. The second-order valence-corrected chi connectivity index (χ2v) is 8.46. The normalized spacial score (nSPS) is 11.9. The Bertz CT molecular complexity index is 1340. The number of hydrogen-bond acceptors (Lipinski definition) is 6. The largest absolute Gasteiger partial charge is 0.494 e. The summed E-state index contributed by atoms with van der Waals surface area (Å²) in [7, 11) is 7.56. The van der Waals surface area contributed by atoms with Crippen LogP contribution in [0.1, 0.15) is 6.92 Å². The van der Waals surface area contributed by atoms with Gasteiger partial charge in [-0.1, -0.05) is 18.7 Å². The minimum atomic E-state index is -0.322. The number of aliphatic imine (C=N–C) groups is 2. The van der Waals surface area contributed by atoms with Gasteiger partial charge in [-0.05, 0) is 58.1 Å². The van der Waals surface area contributed by atoms with Crippen molar-refractivity contribution < 1.29 is 9.53 Å². The molecule has 0 saturated heterocycles. The highest BCUT2D eigenvalue weighted by atomic mass is 16.5. The van der Waals surface area contributed by atoms with Crippen molar-refractivity contribution in [3.8, 4) is 5.75 Å². The van der Waals surface area contributed by atoms with E-state index in [2.05, 4.69) is 43.8 Å². The SMILES string of the molecule is C=CC(=O)Nc1cc(NC(N=C)=N/C(=C\C)n2cnc3ccccc32)c(OC)cc1N(C)CCN(C)C. The van der Waals surface area contributed by atoms with Crippen LogP contribution in [0.5, 0.6) is 5.75 Å². The van der Waals surface area contributed by atoms with Gasteiger partial charge in [0.25, 0.3) is 0 Å². The fraction of sp³-hybridized carbons (Fsp3) is 0.259. The van der Waals surface area contributed by atoms with Crippen LogP contribution in [0, 0.1) is 0 Å². The number of ether oxygens (including phenoxy) is 1. The first kappa shape index (κ1) is 27.2. The van der Waals surface area contributed by atoms with Crippen molar-refractivity contribution in [2.45, 2.75) is 6.92 Å². The third-order valence-corrected chi connectivity index (χ3v) is 5.63. The van der Waals surface area contributed by atoms with Gasteiger partial charge in [-0.2, -0.15) is 4.99 Å². The van der Waals surface area contributed by atoms with Crippen molar-refractivity contribution in [3.63, 3.8) is 0 Å². The molecule has 0 aliphatic carbocycles. The van der Waals surface area contributed by atoms with Gasteiger partial charge in [-0.15, -0.1) is 0 Å². The number of aromatic nitrogens is 2. The second kappa shape index (κ2) is 12.5. The van der Waals surface area contributed by atoms with Crippen LogP contribution in [0.25, 0.3) is 16.9 Å². The molecule has 1 amide bonds. The zero-order valence-corrected chi connectivity index (χ0v) is 22.0. The van der Waals surface area contributed by atoms with Crippen molar-refractivity contribution in [3.05, 3.63) is 61.5 Å². The van der Waals surface area contributed by atoms with Gasteiger partial charge in [-0.3, -0.25) is 9.36 Å². The highest BCUT2D eigenvalue weighted by molar-refractivity contribution is 6.04. The number of rotatable bonds is 10. The molecule has 37 heavy (non-hydrogen) atoms. The standard InChI is InChI=1S/C27H34N8O2/c1-8-25(35-18-29-19-12-10-11-13-22(19)35)32-27(28-3)31-21-16-20(30-26(36)9-2)23(17-24(21)37-7)34(6)15-14-33(4)5/h8-13,16-18H,2-3,14-15H2,1,4-7H3,(H,30,36)(H,31,32)/b25-8+. The van der Waals surface area contributed by atoms with Gasteiger partial charge in [0, 0.05) is 26.2 Å². The zero-order valence-electron chi connectivity index (χ0n) is 22.0. The van der Waals surface area contributed by atoms with E-state index in [9.17, 15) is 4.79 Å². The molecule has 0 aliphatic heterocycles. The van der Waals surface area contributed by atoms with E-state index in [4.69, 9.17) is 4.74 Å². The fourth-order valence-electron chi connectivity index (χ4n) is 3.64. The lowest BCUT2D eigenvalue weighted by atomic mass is 10.2. The molecule has 1 aromatic heterocycles. The van der Waals surface area contributed by atoms with E-state index in [1.54, 1.807) is 19.5 Å². The van der Waals surface area contributed by atoms with Crippen molar-refractivity contribution in [1.82, 2.24) is 14.5 Å². The molecule has 0 fully saturated rings. The summed E-state index contributed by atoms with van der Waals surface area (Å²) in [5.74, 6) is 1.09. The van der Waals surface area contributed by atoms with E-state index in [0.717, 1.165) is 29.8 Å². The predicted octanol–water partition coefficient (Wildman–Crippen LogP) is 4.15. The number of nitrogens with zero attached hydrogens (tertiary/aromatic N) is 6. The number of anilines is 3. The Balaban J connectivity index is 2.01. The van der Waals surface area contributed by atoms with Crippen LogP contribution >= 0.6 is 0 Å². The molecule has 0 radical (unpaired) electrons. The number of guanidine groups is 1. The Morgan fingerprint density at radius 2 is 1.92 bits per heavy atom. The zero-order chi connectivity index (χ0) is 26.9. The van der Waals surface area contributed by atoms with Gasteiger partial charge in [0.2, 0.25) is 11.9 Å². The van der Waals surface area contributed by atoms with Crippen LogP contribution in [-0.4, -0.2) is 74.4 Å². The second-order valence-electron chi connectivity index (χ2n) is 8.46. The molecule has 0 spiro atoms. The lowest BCUT2D eigenvalue weighted by Gasteiger charge is -2.26. The molecule has 3 aromatic rings. The van der Waals surface area contributed by atoms with Crippen molar-refractivity contribution in [2.24, 2.45) is 9.98 Å². The molecule has 2 N–H and O–H groups in total. The average molecular weight is 503 g/mol. The number of allylic oxidation sites excluding steroid dienone is 1. The number of fused-ring (bicyclic) bond motifs is 1. The number of methoxy groups -OCH3 is 1. The Kier molecular flexibility index (Phi) is 9.17. The molecule has 0 saturated carbocycles. The van der Waals surface area contributed by atoms with Crippen LogP contribution in [0.3, 0.4) is 0 Å². The number of carbonyl (C=O) groups excluding carboxylic acids is 1. The number of para-hydroxylation sites is 2. The molecule has 2 aromatic carbocycles. The lowest BCUT2D eigenvalue weighted by molar-refractivity contribution is -0.111. The van der Waals surface area contributed by atoms with Gasteiger partial charge in [0.15, 0.2) is 0 Å². The number of hydrogen-bond donors (Lipinski definition) is 2. The number of amides is 1. The van der Waals surface area contributed by atoms with Crippen LogP contribution in [0.2, 0.25) is 0 Å². The molecular formula is C27H34N8O2. The number of carbonyl (C=O) groups is 1. The smallest absolute Gasteiger partial charge is 0.247 e. The fourth-order valence-corrected chi connectivity index (χ4v) is 3.64. The highest BCUT2D eigenvalue weighted by Gasteiger charge is 2.17. The monoisotopic (exact) mass is 502 g/mol. The first-order valence-electron chi connectivity index (χ1n) is 11.7. The summed E-state index contributed by atoms with van der Waals surface area (Å²) in [4.78, 5) is 29.6. The van der Waals surface area contributed by atoms with E-state index in [1.807, 2.05) is 73.9 Å². The van der Waals surface area contributed by atoms with Crippen LogP contribution in [0.4, 0.5) is 17.1 Å². The van der Waals surface area contributed by atoms with Crippen molar-refractivity contribution >= 4 is 52.5 Å². The van der Waals surface area contributed by atoms with Crippen molar-refractivity contribution in [2.75, 3.05) is 56.9 Å². The molecule has 0 atom stereocenters. The van der Waals surface area contributed by atoms with Crippen molar-refractivity contribution in [1.29, 1.82) is 0 Å². The summed E-state index contributed by atoms with van der Waals surface area (Å²) >= 11 is 0. The number of imidazole rings is 1. The van der Waals surface area contributed by atoms with Crippen LogP contribution in [-0.2, 0) is 4.79 Å². The van der Waals surface area contributed by atoms with Gasteiger partial charge >= 0.3 is 0 Å². The molecule has 194 valence electrons. The maximum Gasteiger partial charge on any atom is 0.247 e. The Morgan fingerprint density at radius 1 is 1.16 bits per heavy atom. The maximum atomic E-state index is 12.2. The molecule has 0 bridgehead atoms. The van der Waals surface area contributed by atoms with Gasteiger partial charge in [0.05, 0.1) is 35.2 Å². The molecule has 10 heteroatoms. The average Bonchev–Trinajstić information content (AvgIpc) is 3.33. The Morgan fingerprint density at radius 3 is 2.57 bits per heavy atom. The first-order valence-corrected chi connectivity index (χ1v) is 11.7. The van der Waals surface area contributed by atoms with Crippen LogP contribution < -0.4 is 20.3 Å². The molecule has 1 heterocycles. The summed E-state index contributed by atoms with van der Waals surface area (Å²) < 4.78 is 7.55. The van der Waals surface area contributed by atoms with Gasteiger partial charge in [0.1, 0.15) is 17.9 Å². The summed E-state index contributed by atoms with van der Waals surface area (Å²) in [6, 6.07) is 11.4. The molecule has 3 rings (SSSR count). The molecule has 10 nitrogen and oxygen atoms in total. The minimum absolute atomic E-state index is 0.249. The minimum Gasteiger partial charge on any atom is -0.494 e. The Hall–Kier alpha value is -4.44. The Labute approximate surface area is 217 Å².